The maximum absolute atomic E-state index is 12.7. The molecule has 31 heavy (non-hydrogen) atoms. The summed E-state index contributed by atoms with van der Waals surface area (Å²) in [5.74, 6) is 0.838. The Hall–Kier alpha value is -2.21. The second-order valence-corrected chi connectivity index (χ2v) is 11.6. The first-order chi connectivity index (χ1) is 14.9. The number of hydrogen-bond donors (Lipinski definition) is 0. The van der Waals surface area contributed by atoms with E-state index in [1.807, 2.05) is 24.3 Å². The summed E-state index contributed by atoms with van der Waals surface area (Å²) in [6, 6.07) is 14.3. The highest BCUT2D eigenvalue weighted by Gasteiger charge is 2.26. The molecule has 1 saturated heterocycles. The molecule has 2 heterocycles. The van der Waals surface area contributed by atoms with Crippen LogP contribution in [0, 0.1) is 10.1 Å². The van der Waals surface area contributed by atoms with Crippen molar-refractivity contribution in [1.82, 2.24) is 9.29 Å². The van der Waals surface area contributed by atoms with E-state index in [0.717, 1.165) is 20.2 Å². The summed E-state index contributed by atoms with van der Waals surface area (Å²) in [5.41, 5.74) is 1.90. The second kappa shape index (κ2) is 9.51. The molecule has 8 nitrogen and oxygen atoms in total. The minimum Gasteiger partial charge on any atom is -0.369 e. The van der Waals surface area contributed by atoms with Crippen LogP contribution in [0.2, 0.25) is 0 Å². The molecule has 11 heteroatoms. The van der Waals surface area contributed by atoms with E-state index in [0.29, 0.717) is 38.4 Å². The van der Waals surface area contributed by atoms with E-state index < -0.39 is 14.9 Å². The Bertz CT molecular complexity index is 1120. The fourth-order valence-corrected chi connectivity index (χ4v) is 7.20. The number of aromatic nitrogens is 1. The van der Waals surface area contributed by atoms with E-state index in [9.17, 15) is 18.5 Å². The van der Waals surface area contributed by atoms with Crippen LogP contribution in [-0.2, 0) is 10.0 Å². The Morgan fingerprint density at radius 2 is 1.77 bits per heavy atom. The fourth-order valence-electron chi connectivity index (χ4n) is 3.45. The number of anilines is 1. The first-order valence-electron chi connectivity index (χ1n) is 9.88. The lowest BCUT2D eigenvalue weighted by Gasteiger charge is -2.35. The number of benzene rings is 2. The van der Waals surface area contributed by atoms with Crippen LogP contribution in [0.3, 0.4) is 0 Å². The van der Waals surface area contributed by atoms with Gasteiger partial charge in [0.2, 0.25) is 10.0 Å². The van der Waals surface area contributed by atoms with Crippen molar-refractivity contribution in [3.63, 3.8) is 0 Å². The van der Waals surface area contributed by atoms with Crippen LogP contribution >= 0.6 is 23.1 Å². The van der Waals surface area contributed by atoms with Crippen molar-refractivity contribution in [3.05, 3.63) is 58.6 Å². The molecule has 0 radical (unpaired) electrons. The van der Waals surface area contributed by atoms with Crippen LogP contribution in [0.25, 0.3) is 10.2 Å². The van der Waals surface area contributed by atoms with Gasteiger partial charge in [0.15, 0.2) is 4.34 Å². The topological polar surface area (TPSA) is 96.6 Å². The molecule has 0 aliphatic carbocycles. The summed E-state index contributed by atoms with van der Waals surface area (Å²) in [6.45, 7) is 1.98. The molecule has 1 aliphatic rings. The average Bonchev–Trinajstić information content (AvgIpc) is 3.20. The largest absolute Gasteiger partial charge is 0.369 e. The summed E-state index contributed by atoms with van der Waals surface area (Å²) in [7, 11) is -3.30. The van der Waals surface area contributed by atoms with Gasteiger partial charge in [-0.1, -0.05) is 23.9 Å². The number of rotatable bonds is 8. The summed E-state index contributed by atoms with van der Waals surface area (Å²) < 4.78 is 29.1. The zero-order valence-electron chi connectivity index (χ0n) is 16.7. The van der Waals surface area contributed by atoms with Crippen LogP contribution in [0.5, 0.6) is 0 Å². The van der Waals surface area contributed by atoms with Gasteiger partial charge in [0.1, 0.15) is 0 Å². The highest BCUT2D eigenvalue weighted by atomic mass is 32.2. The number of para-hydroxylation sites is 1. The Labute approximate surface area is 189 Å². The third-order valence-corrected chi connectivity index (χ3v) is 9.33. The maximum Gasteiger partial charge on any atom is 0.269 e. The lowest BCUT2D eigenvalue weighted by molar-refractivity contribution is -0.384. The third kappa shape index (κ3) is 5.35. The van der Waals surface area contributed by atoms with Crippen molar-refractivity contribution in [2.45, 2.75) is 10.8 Å². The molecule has 0 bridgehead atoms. The molecule has 0 saturated carbocycles. The summed E-state index contributed by atoms with van der Waals surface area (Å²) in [4.78, 5) is 17.0. The van der Waals surface area contributed by atoms with Crippen molar-refractivity contribution in [2.75, 3.05) is 42.6 Å². The molecule has 164 valence electrons. The van der Waals surface area contributed by atoms with Crippen molar-refractivity contribution in [3.8, 4) is 0 Å². The number of thioether (sulfide) groups is 1. The molecule has 0 N–H and O–H groups in total. The number of nitro groups is 1. The molecule has 4 rings (SSSR count). The minimum atomic E-state index is -3.30. The first-order valence-corrected chi connectivity index (χ1v) is 13.3. The van der Waals surface area contributed by atoms with E-state index >= 15 is 0 Å². The van der Waals surface area contributed by atoms with Crippen LogP contribution in [0.1, 0.15) is 6.42 Å². The molecule has 0 atom stereocenters. The van der Waals surface area contributed by atoms with Crippen molar-refractivity contribution in [2.24, 2.45) is 0 Å². The van der Waals surface area contributed by atoms with E-state index in [-0.39, 0.29) is 11.4 Å². The van der Waals surface area contributed by atoms with Gasteiger partial charge in [0.25, 0.3) is 5.69 Å². The van der Waals surface area contributed by atoms with Gasteiger partial charge in [-0.15, -0.1) is 11.3 Å². The smallest absolute Gasteiger partial charge is 0.269 e. The number of nitrogens with zero attached hydrogens (tertiary/aromatic N) is 4. The Morgan fingerprint density at radius 3 is 2.45 bits per heavy atom. The van der Waals surface area contributed by atoms with E-state index in [1.54, 1.807) is 39.5 Å². The maximum atomic E-state index is 12.7. The number of nitro benzene ring substituents is 1. The quantitative estimate of drug-likeness (QED) is 0.210. The standard InChI is InChI=1S/C20H22N4O4S3/c25-24(26)17-8-6-16(7-9-17)22-10-12-23(13-11-22)31(27,28)15-3-14-29-20-21-18-4-1-2-5-19(18)30-20/h1-2,4-9H,3,10-15H2. The lowest BCUT2D eigenvalue weighted by Crippen LogP contribution is -2.49. The van der Waals surface area contributed by atoms with E-state index in [2.05, 4.69) is 9.88 Å². The molecular weight excluding hydrogens is 456 g/mol. The summed E-state index contributed by atoms with van der Waals surface area (Å²) >= 11 is 3.24. The number of thiazole rings is 1. The number of piperazine rings is 1. The van der Waals surface area contributed by atoms with Gasteiger partial charge in [-0.25, -0.2) is 13.4 Å². The van der Waals surface area contributed by atoms with E-state index in [1.165, 1.54) is 12.1 Å². The van der Waals surface area contributed by atoms with Gasteiger partial charge in [-0.2, -0.15) is 4.31 Å². The van der Waals surface area contributed by atoms with Gasteiger partial charge in [0, 0.05) is 49.8 Å². The zero-order chi connectivity index (χ0) is 21.8. The second-order valence-electron chi connectivity index (χ2n) is 7.13. The van der Waals surface area contributed by atoms with Crippen LogP contribution in [0.4, 0.5) is 11.4 Å². The van der Waals surface area contributed by atoms with Crippen molar-refractivity contribution in [1.29, 1.82) is 0 Å². The SMILES string of the molecule is O=[N+]([O-])c1ccc(N2CCN(S(=O)(=O)CCCSc3nc4ccccc4s3)CC2)cc1. The molecule has 0 amide bonds. The average molecular weight is 479 g/mol. The molecule has 0 unspecified atom stereocenters. The highest BCUT2D eigenvalue weighted by Crippen LogP contribution is 2.29. The molecular formula is C20H22N4O4S3. The monoisotopic (exact) mass is 478 g/mol. The van der Waals surface area contributed by atoms with Gasteiger partial charge >= 0.3 is 0 Å². The number of fused-ring (bicyclic) bond motifs is 1. The summed E-state index contributed by atoms with van der Waals surface area (Å²) in [5, 5.41) is 10.8. The Balaban J connectivity index is 1.24. The predicted octanol–water partition coefficient (Wildman–Crippen LogP) is 3.84. The normalized spacial score (nSPS) is 15.4. The highest BCUT2D eigenvalue weighted by molar-refractivity contribution is 8.01. The molecule has 1 aromatic heterocycles. The predicted molar refractivity (Wildman–Crippen MR) is 126 cm³/mol. The first kappa shape index (κ1) is 22.0. The van der Waals surface area contributed by atoms with Crippen molar-refractivity contribution >= 4 is 54.7 Å². The third-order valence-electron chi connectivity index (χ3n) is 5.10. The number of hydrogen-bond acceptors (Lipinski definition) is 8. The lowest BCUT2D eigenvalue weighted by atomic mass is 10.2. The molecule has 2 aromatic carbocycles. The zero-order valence-corrected chi connectivity index (χ0v) is 19.2. The van der Waals surface area contributed by atoms with Crippen LogP contribution in [0.15, 0.2) is 52.9 Å². The van der Waals surface area contributed by atoms with Crippen LogP contribution in [-0.4, -0.2) is 60.3 Å². The molecule has 1 aliphatic heterocycles. The van der Waals surface area contributed by atoms with Gasteiger partial charge in [0.05, 0.1) is 20.9 Å². The molecule has 1 fully saturated rings. The van der Waals surface area contributed by atoms with Gasteiger partial charge in [-0.05, 0) is 30.7 Å². The molecule has 0 spiro atoms. The fraction of sp³-hybridized carbons (Fsp3) is 0.350. The molecule has 3 aromatic rings. The van der Waals surface area contributed by atoms with Crippen LogP contribution < -0.4 is 4.90 Å². The van der Waals surface area contributed by atoms with Crippen molar-refractivity contribution < 1.29 is 13.3 Å². The minimum absolute atomic E-state index is 0.0497. The number of sulfonamides is 1. The number of non-ortho nitro benzene ring substituents is 1. The van der Waals surface area contributed by atoms with Gasteiger partial charge in [-0.3, -0.25) is 10.1 Å². The summed E-state index contributed by atoms with van der Waals surface area (Å²) in [6.07, 6.45) is 0.575. The Morgan fingerprint density at radius 1 is 1.06 bits per heavy atom. The Kier molecular flexibility index (Phi) is 6.75. The van der Waals surface area contributed by atoms with Gasteiger partial charge < -0.3 is 4.90 Å². The van der Waals surface area contributed by atoms with E-state index in [4.69, 9.17) is 0 Å².